The quantitative estimate of drug-likeness (QED) is 0.799. The Morgan fingerprint density at radius 3 is 2.78 bits per heavy atom. The van der Waals surface area contributed by atoms with E-state index in [1.807, 2.05) is 0 Å². The van der Waals surface area contributed by atoms with Crippen molar-refractivity contribution < 1.29 is 13.4 Å². The van der Waals surface area contributed by atoms with Gasteiger partial charge < -0.3 is 11.1 Å². The summed E-state index contributed by atoms with van der Waals surface area (Å²) in [7, 11) is -1.31. The van der Waals surface area contributed by atoms with Crippen LogP contribution in [0.15, 0.2) is 18.2 Å². The molecule has 0 heterocycles. The smallest absolute Gasteiger partial charge is 0.232 e. The molecule has 1 aromatic rings. The normalized spacial score (nSPS) is 12.2. The Morgan fingerprint density at radius 1 is 1.44 bits per heavy atom. The second kappa shape index (κ2) is 7.23. The molecule has 0 aliphatic heterocycles. The first kappa shape index (κ1) is 14.8. The van der Waals surface area contributed by atoms with Crippen molar-refractivity contribution in [1.29, 1.82) is 0 Å². The highest BCUT2D eigenvalue weighted by Crippen LogP contribution is 2.13. The van der Waals surface area contributed by atoms with Crippen LogP contribution in [0.25, 0.3) is 0 Å². The summed E-state index contributed by atoms with van der Waals surface area (Å²) in [5, 5.41) is 2.58. The average molecular weight is 272 g/mol. The highest BCUT2D eigenvalue weighted by molar-refractivity contribution is 7.84. The minimum Gasteiger partial charge on any atom is -0.356 e. The van der Waals surface area contributed by atoms with Gasteiger partial charge in [0.2, 0.25) is 5.91 Å². The fourth-order valence-corrected chi connectivity index (χ4v) is 2.67. The van der Waals surface area contributed by atoms with Gasteiger partial charge in [-0.15, -0.1) is 0 Å². The first-order valence-corrected chi connectivity index (χ1v) is 7.14. The predicted octanol–water partition coefficient (Wildman–Crippen LogP) is 0.669. The van der Waals surface area contributed by atoms with Crippen LogP contribution >= 0.6 is 0 Å². The van der Waals surface area contributed by atoms with Crippen LogP contribution in [0.2, 0.25) is 0 Å². The zero-order valence-corrected chi connectivity index (χ0v) is 11.1. The van der Waals surface area contributed by atoms with E-state index in [9.17, 15) is 13.4 Å². The second-order valence-electron chi connectivity index (χ2n) is 3.80. The maximum absolute atomic E-state index is 13.0. The van der Waals surface area contributed by atoms with Gasteiger partial charge in [-0.05, 0) is 30.2 Å². The molecule has 0 bridgehead atoms. The van der Waals surface area contributed by atoms with E-state index in [2.05, 4.69) is 5.32 Å². The second-order valence-corrected chi connectivity index (χ2v) is 5.26. The summed E-state index contributed by atoms with van der Waals surface area (Å²) in [6.45, 7) is 2.50. The maximum atomic E-state index is 13.0. The number of benzene rings is 1. The summed E-state index contributed by atoms with van der Waals surface area (Å²) in [6, 6.07) is 4.20. The molecule has 18 heavy (non-hydrogen) atoms. The summed E-state index contributed by atoms with van der Waals surface area (Å²) in [6.07, 6.45) is 0. The van der Waals surface area contributed by atoms with Gasteiger partial charge in [0.05, 0.1) is 0 Å². The van der Waals surface area contributed by atoms with Gasteiger partial charge >= 0.3 is 0 Å². The molecule has 0 fully saturated rings. The molecule has 6 heteroatoms. The largest absolute Gasteiger partial charge is 0.356 e. The summed E-state index contributed by atoms with van der Waals surface area (Å²) in [5.74, 6) is -0.444. The number of hydrogen-bond donors (Lipinski definition) is 2. The molecule has 1 atom stereocenters. The van der Waals surface area contributed by atoms with Gasteiger partial charge in [-0.2, -0.15) is 0 Å². The molecule has 0 aliphatic rings. The first-order valence-electron chi connectivity index (χ1n) is 5.65. The van der Waals surface area contributed by atoms with Crippen molar-refractivity contribution in [3.8, 4) is 0 Å². The summed E-state index contributed by atoms with van der Waals surface area (Å²) in [4.78, 5) is 11.3. The fraction of sp³-hybridized carbons (Fsp3) is 0.417. The van der Waals surface area contributed by atoms with E-state index in [1.54, 1.807) is 13.0 Å². The molecule has 0 aliphatic carbocycles. The zero-order chi connectivity index (χ0) is 13.5. The Morgan fingerprint density at radius 2 is 2.17 bits per heavy atom. The van der Waals surface area contributed by atoms with Crippen LogP contribution in [0.4, 0.5) is 4.39 Å². The van der Waals surface area contributed by atoms with E-state index in [1.165, 1.54) is 12.1 Å². The molecule has 100 valence electrons. The van der Waals surface area contributed by atoms with Crippen molar-refractivity contribution >= 4 is 16.7 Å². The molecule has 1 unspecified atom stereocenters. The van der Waals surface area contributed by atoms with Crippen molar-refractivity contribution in [1.82, 2.24) is 5.32 Å². The molecule has 4 nitrogen and oxygen atoms in total. The lowest BCUT2D eigenvalue weighted by Crippen LogP contribution is -2.28. The highest BCUT2D eigenvalue weighted by Gasteiger charge is 2.10. The third kappa shape index (κ3) is 4.54. The van der Waals surface area contributed by atoms with E-state index in [0.29, 0.717) is 12.1 Å². The van der Waals surface area contributed by atoms with E-state index in [0.717, 1.165) is 5.56 Å². The molecule has 0 radical (unpaired) electrons. The van der Waals surface area contributed by atoms with Crippen LogP contribution < -0.4 is 11.1 Å². The molecule has 0 saturated heterocycles. The summed E-state index contributed by atoms with van der Waals surface area (Å²) < 4.78 is 24.8. The van der Waals surface area contributed by atoms with Crippen molar-refractivity contribution in [3.63, 3.8) is 0 Å². The van der Waals surface area contributed by atoms with E-state index >= 15 is 0 Å². The third-order valence-electron chi connectivity index (χ3n) is 2.37. The molecule has 0 aromatic heterocycles. The number of nitrogens with one attached hydrogen (secondary N) is 1. The Balaban J connectivity index is 2.67. The van der Waals surface area contributed by atoms with E-state index in [-0.39, 0.29) is 29.8 Å². The monoisotopic (exact) mass is 272 g/mol. The zero-order valence-electron chi connectivity index (χ0n) is 10.2. The minimum atomic E-state index is -1.31. The molecule has 1 rings (SSSR count). The SMILES string of the molecule is CCNC(=O)CS(=O)Cc1ccc(F)cc1CN. The fourth-order valence-electron chi connectivity index (χ4n) is 1.54. The van der Waals surface area contributed by atoms with Crippen molar-refractivity contribution in [2.75, 3.05) is 12.3 Å². The number of halogens is 1. The number of amides is 1. The lowest BCUT2D eigenvalue weighted by atomic mass is 10.1. The average Bonchev–Trinajstić information content (AvgIpc) is 2.31. The van der Waals surface area contributed by atoms with Gasteiger partial charge in [0.15, 0.2) is 0 Å². The van der Waals surface area contributed by atoms with Crippen LogP contribution in [0.5, 0.6) is 0 Å². The van der Waals surface area contributed by atoms with Crippen LogP contribution in [0.1, 0.15) is 18.1 Å². The van der Waals surface area contributed by atoms with Gasteiger partial charge in [-0.3, -0.25) is 9.00 Å². The third-order valence-corrected chi connectivity index (χ3v) is 3.59. The minimum absolute atomic E-state index is 0.0464. The van der Waals surface area contributed by atoms with Crippen LogP contribution in [0, 0.1) is 5.82 Å². The van der Waals surface area contributed by atoms with Crippen LogP contribution in [0.3, 0.4) is 0 Å². The molecule has 1 aromatic carbocycles. The Kier molecular flexibility index (Phi) is 5.94. The number of nitrogens with two attached hydrogens (primary N) is 1. The first-order chi connectivity index (χ1) is 8.56. The topological polar surface area (TPSA) is 72.2 Å². The molecule has 0 saturated carbocycles. The molecular weight excluding hydrogens is 255 g/mol. The lowest BCUT2D eigenvalue weighted by molar-refractivity contribution is -0.118. The molecule has 3 N–H and O–H groups in total. The number of rotatable bonds is 6. The van der Waals surface area contributed by atoms with E-state index in [4.69, 9.17) is 5.73 Å². The van der Waals surface area contributed by atoms with Crippen molar-refractivity contribution in [2.24, 2.45) is 5.73 Å². The van der Waals surface area contributed by atoms with Crippen LogP contribution in [-0.4, -0.2) is 22.4 Å². The van der Waals surface area contributed by atoms with Gasteiger partial charge in [0.1, 0.15) is 11.6 Å². The molecule has 1 amide bonds. The van der Waals surface area contributed by atoms with Gasteiger partial charge in [-0.25, -0.2) is 4.39 Å². The highest BCUT2D eigenvalue weighted by atomic mass is 32.2. The maximum Gasteiger partial charge on any atom is 0.232 e. The van der Waals surface area contributed by atoms with Gasteiger partial charge in [0, 0.05) is 29.6 Å². The summed E-state index contributed by atoms with van der Waals surface area (Å²) >= 11 is 0. The molecule has 0 spiro atoms. The number of carbonyl (C=O) groups is 1. The standard InChI is InChI=1S/C12H17FN2O2S/c1-2-15-12(16)8-18(17)7-9-3-4-11(13)5-10(9)6-14/h3-5H,2,6-8,14H2,1H3,(H,15,16). The predicted molar refractivity (Wildman–Crippen MR) is 69.7 cm³/mol. The van der Waals surface area contributed by atoms with Crippen molar-refractivity contribution in [3.05, 3.63) is 35.1 Å². The van der Waals surface area contributed by atoms with E-state index < -0.39 is 10.8 Å². The lowest BCUT2D eigenvalue weighted by Gasteiger charge is -2.08. The van der Waals surface area contributed by atoms with Crippen molar-refractivity contribution in [2.45, 2.75) is 19.2 Å². The summed E-state index contributed by atoms with van der Waals surface area (Å²) in [5.41, 5.74) is 6.85. The van der Waals surface area contributed by atoms with Gasteiger partial charge in [0.25, 0.3) is 0 Å². The number of hydrogen-bond acceptors (Lipinski definition) is 3. The number of carbonyl (C=O) groups excluding carboxylic acids is 1. The Labute approximate surface area is 108 Å². The molecular formula is C12H17FN2O2S. The Bertz CT molecular complexity index is 452. The van der Waals surface area contributed by atoms with Crippen LogP contribution in [-0.2, 0) is 27.9 Å². The van der Waals surface area contributed by atoms with Gasteiger partial charge in [-0.1, -0.05) is 6.07 Å². The Hall–Kier alpha value is -1.27.